The van der Waals surface area contributed by atoms with Crippen molar-refractivity contribution in [2.45, 2.75) is 0 Å². The molecule has 0 unspecified atom stereocenters. The molecule has 0 aliphatic rings. The van der Waals surface area contributed by atoms with Crippen molar-refractivity contribution in [3.63, 3.8) is 0 Å². The summed E-state index contributed by atoms with van der Waals surface area (Å²) in [4.78, 5) is 0. The molecular formula is Cl2CuHg. The van der Waals surface area contributed by atoms with E-state index in [0.717, 1.165) is 0 Å². The molecule has 0 aromatic rings. The van der Waals surface area contributed by atoms with Crippen molar-refractivity contribution in [1.29, 1.82) is 0 Å². The first-order valence-corrected chi connectivity index (χ1v) is 14.1. The van der Waals surface area contributed by atoms with Gasteiger partial charge in [0.2, 0.25) is 0 Å². The molecule has 4 heavy (non-hydrogen) atoms. The number of halogens is 2. The molecule has 0 saturated carbocycles. The Bertz CT molecular complexity index is 6.00. The maximum atomic E-state index is 4.99. The normalized spacial score (nSPS) is 2.50. The van der Waals surface area contributed by atoms with Gasteiger partial charge in [-0.3, -0.25) is 0 Å². The second kappa shape index (κ2) is 8.90. The van der Waals surface area contributed by atoms with Crippen molar-refractivity contribution >= 4 is 16.5 Å². The average Bonchev–Trinajstić information content (AvgIpc) is 0.918. The molecule has 0 saturated heterocycles. The largest absolute Gasteiger partial charge is 0 e. The maximum absolute atomic E-state index is 4.99. The predicted molar refractivity (Wildman–Crippen MR) is 11.7 cm³/mol. The van der Waals surface area contributed by atoms with E-state index in [2.05, 4.69) is 0 Å². The minimum Gasteiger partial charge on any atom is 0 e. The Labute approximate surface area is 55.0 Å². The van der Waals surface area contributed by atoms with Gasteiger partial charge in [0.1, 0.15) is 0 Å². The van der Waals surface area contributed by atoms with E-state index in [0.29, 0.717) is 0 Å². The summed E-state index contributed by atoms with van der Waals surface area (Å²) in [6, 6.07) is 0. The predicted octanol–water partition coefficient (Wildman–Crippen LogP) is 1.37. The van der Waals surface area contributed by atoms with Gasteiger partial charge < -0.3 is 0 Å². The van der Waals surface area contributed by atoms with Gasteiger partial charge in [-0.05, 0) is 0 Å². The van der Waals surface area contributed by atoms with Crippen LogP contribution < -0.4 is 0 Å². The van der Waals surface area contributed by atoms with Crippen LogP contribution in [0.4, 0.5) is 0 Å². The molecule has 0 bridgehead atoms. The van der Waals surface area contributed by atoms with E-state index < -0.39 is 22.1 Å². The van der Waals surface area contributed by atoms with E-state index in [9.17, 15) is 0 Å². The third-order valence-electron chi connectivity index (χ3n) is 0. The number of hydrogen-bond acceptors (Lipinski definition) is 0. The van der Waals surface area contributed by atoms with Crippen LogP contribution in [0.1, 0.15) is 0 Å². The van der Waals surface area contributed by atoms with Crippen LogP contribution in [0.3, 0.4) is 0 Å². The summed E-state index contributed by atoms with van der Waals surface area (Å²) < 4.78 is 0. The first-order valence-electron chi connectivity index (χ1n) is 0.535. The van der Waals surface area contributed by atoms with Gasteiger partial charge in [-0.25, -0.2) is 0 Å². The standard InChI is InChI=1S/2ClH.Cu.Hg/h2*1H;;/q;;;+2/p-2. The van der Waals surface area contributed by atoms with E-state index in [4.69, 9.17) is 16.5 Å². The van der Waals surface area contributed by atoms with Gasteiger partial charge in [0.05, 0.1) is 0 Å². The summed E-state index contributed by atoms with van der Waals surface area (Å²) in [5.74, 6) is 0. The van der Waals surface area contributed by atoms with E-state index in [1.54, 1.807) is 0 Å². The minimum absolute atomic E-state index is 0. The molecule has 0 aromatic carbocycles. The Morgan fingerprint density at radius 1 is 1.25 bits per heavy atom. The maximum Gasteiger partial charge on any atom is 0 e. The number of hydrogen-bond donors (Lipinski definition) is 0. The van der Waals surface area contributed by atoms with E-state index in [1.165, 1.54) is 0 Å². The van der Waals surface area contributed by atoms with Crippen molar-refractivity contribution in [1.82, 2.24) is 0 Å². The van der Waals surface area contributed by atoms with Gasteiger partial charge in [0.25, 0.3) is 0 Å². The fraction of sp³-hybridized carbons (Fsp3) is 0. The Morgan fingerprint density at radius 3 is 1.25 bits per heavy atom. The fourth-order valence-electron chi connectivity index (χ4n) is 0. The smallest absolute Gasteiger partial charge is 0 e. The summed E-state index contributed by atoms with van der Waals surface area (Å²) in [6.45, 7) is 0. The summed E-state index contributed by atoms with van der Waals surface area (Å²) in [5, 5.41) is 0. The Morgan fingerprint density at radius 2 is 1.25 bits per heavy atom. The number of rotatable bonds is 0. The molecule has 0 amide bonds. The Hall–Kier alpha value is 2.03. The Kier molecular flexibility index (Phi) is 20.9. The fourth-order valence-corrected chi connectivity index (χ4v) is 0. The molecular weight excluding hydrogens is 335 g/mol. The third kappa shape index (κ3) is 8.98. The van der Waals surface area contributed by atoms with Crippen LogP contribution >= 0.6 is 16.5 Å². The average molecular weight is 335 g/mol. The summed E-state index contributed by atoms with van der Waals surface area (Å²) in [7, 11) is 9.97. The molecule has 0 rings (SSSR count). The second-order valence-electron chi connectivity index (χ2n) is 0.101. The van der Waals surface area contributed by atoms with Crippen LogP contribution in [0.2, 0.25) is 0 Å². The van der Waals surface area contributed by atoms with Gasteiger partial charge in [-0.15, -0.1) is 0 Å². The Balaban J connectivity index is 0. The topological polar surface area (TPSA) is 0 Å². The molecule has 0 fully saturated rings. The van der Waals surface area contributed by atoms with Gasteiger partial charge in [0, 0.05) is 17.1 Å². The van der Waals surface area contributed by atoms with Crippen molar-refractivity contribution in [2.24, 2.45) is 0 Å². The molecule has 0 aliphatic heterocycles. The van der Waals surface area contributed by atoms with Crippen LogP contribution in [0.25, 0.3) is 0 Å². The molecule has 0 N–H and O–H groups in total. The van der Waals surface area contributed by atoms with Gasteiger partial charge in [-0.1, -0.05) is 0 Å². The molecule has 0 spiro atoms. The summed E-state index contributed by atoms with van der Waals surface area (Å²) in [5.41, 5.74) is 0. The molecule has 0 aromatic heterocycles. The zero-order valence-electron chi connectivity index (χ0n) is 1.76. The zero-order chi connectivity index (χ0) is 2.71. The molecule has 0 heterocycles. The van der Waals surface area contributed by atoms with Crippen molar-refractivity contribution in [2.75, 3.05) is 0 Å². The van der Waals surface area contributed by atoms with Crippen LogP contribution in [0, 0.1) is 0 Å². The van der Waals surface area contributed by atoms with E-state index in [1.807, 2.05) is 0 Å². The quantitative estimate of drug-likeness (QED) is 0.587. The monoisotopic (exact) mass is 335 g/mol. The van der Waals surface area contributed by atoms with Crippen LogP contribution in [-0.4, -0.2) is 0 Å². The van der Waals surface area contributed by atoms with E-state index in [-0.39, 0.29) is 17.1 Å². The van der Waals surface area contributed by atoms with Crippen molar-refractivity contribution < 1.29 is 39.2 Å². The SMILES string of the molecule is [Cl][Hg][Cl].[Cu]. The molecule has 4 heteroatoms. The van der Waals surface area contributed by atoms with Crippen molar-refractivity contribution in [3.8, 4) is 0 Å². The van der Waals surface area contributed by atoms with Gasteiger partial charge >= 0.3 is 38.6 Å². The van der Waals surface area contributed by atoms with Gasteiger partial charge in [-0.2, -0.15) is 0 Å². The second-order valence-corrected chi connectivity index (χ2v) is 7.98. The zero-order valence-corrected chi connectivity index (χ0v) is 9.72. The first kappa shape index (κ1) is 9.40. The summed E-state index contributed by atoms with van der Waals surface area (Å²) >= 11 is -1.14. The molecule has 0 nitrogen and oxygen atoms in total. The molecule has 1 radical (unpaired) electrons. The van der Waals surface area contributed by atoms with Crippen LogP contribution in [-0.2, 0) is 39.2 Å². The van der Waals surface area contributed by atoms with Crippen LogP contribution in [0.15, 0.2) is 0 Å². The van der Waals surface area contributed by atoms with Crippen LogP contribution in [0.5, 0.6) is 0 Å². The van der Waals surface area contributed by atoms with Crippen molar-refractivity contribution in [3.05, 3.63) is 0 Å². The molecule has 0 aliphatic carbocycles. The summed E-state index contributed by atoms with van der Waals surface area (Å²) in [6.07, 6.45) is 0. The first-order chi connectivity index (χ1) is 1.41. The van der Waals surface area contributed by atoms with E-state index >= 15 is 0 Å². The molecule has 27 valence electrons. The van der Waals surface area contributed by atoms with Gasteiger partial charge in [0.15, 0.2) is 0 Å². The minimum atomic E-state index is -1.14. The molecule has 0 atom stereocenters. The third-order valence-corrected chi connectivity index (χ3v) is 0.